The van der Waals surface area contributed by atoms with Gasteiger partial charge in [0, 0.05) is 17.3 Å². The average molecular weight is 262 g/mol. The first-order valence-electron chi connectivity index (χ1n) is 5.49. The van der Waals surface area contributed by atoms with E-state index in [0.717, 1.165) is 6.07 Å². The number of amides is 1. The van der Waals surface area contributed by atoms with Crippen LogP contribution in [0.1, 0.15) is 11.1 Å². The van der Waals surface area contributed by atoms with E-state index in [4.69, 9.17) is 0 Å². The second-order valence-corrected chi connectivity index (χ2v) is 4.17. The Balaban J connectivity index is 2.29. The molecule has 2 N–H and O–H groups in total. The van der Waals surface area contributed by atoms with Crippen molar-refractivity contribution in [3.63, 3.8) is 0 Å². The molecule has 1 atom stereocenters. The highest BCUT2D eigenvalue weighted by atomic mass is 19.2. The van der Waals surface area contributed by atoms with E-state index in [1.54, 1.807) is 0 Å². The predicted octanol–water partition coefficient (Wildman–Crippen LogP) is 1.55. The fourth-order valence-electron chi connectivity index (χ4n) is 2.17. The van der Waals surface area contributed by atoms with Crippen LogP contribution in [0.25, 0.3) is 0 Å². The van der Waals surface area contributed by atoms with E-state index < -0.39 is 28.7 Å². The molecule has 2 aromatic rings. The number of carbonyl (C=O) groups is 1. The lowest BCUT2D eigenvalue weighted by atomic mass is 9.88. The zero-order valence-electron chi connectivity index (χ0n) is 9.52. The molecule has 0 fully saturated rings. The number of aliphatic hydroxyl groups is 1. The third-order valence-corrected chi connectivity index (χ3v) is 3.10. The van der Waals surface area contributed by atoms with E-state index in [1.807, 2.05) is 0 Å². The van der Waals surface area contributed by atoms with Gasteiger partial charge in [0.15, 0.2) is 11.6 Å². The van der Waals surface area contributed by atoms with Gasteiger partial charge in [-0.05, 0) is 18.2 Å². The number of hydrogen-bond acceptors (Lipinski definition) is 3. The molecule has 19 heavy (non-hydrogen) atoms. The summed E-state index contributed by atoms with van der Waals surface area (Å²) in [7, 11) is 0. The number of rotatable bonds is 1. The maximum atomic E-state index is 13.8. The van der Waals surface area contributed by atoms with Crippen molar-refractivity contribution in [1.29, 1.82) is 0 Å². The number of nitrogens with one attached hydrogen (secondary N) is 1. The van der Waals surface area contributed by atoms with E-state index in [1.165, 1.54) is 30.5 Å². The first-order valence-corrected chi connectivity index (χ1v) is 5.49. The molecular formula is C13H8F2N2O2. The number of halogens is 2. The zero-order valence-corrected chi connectivity index (χ0v) is 9.52. The Hall–Kier alpha value is -2.34. The topological polar surface area (TPSA) is 62.2 Å². The smallest absolute Gasteiger partial charge is 0.267 e. The highest BCUT2D eigenvalue weighted by Gasteiger charge is 2.49. The highest BCUT2D eigenvalue weighted by molar-refractivity contribution is 6.06. The number of aromatic nitrogens is 1. The molecule has 0 spiro atoms. The molecule has 2 heterocycles. The van der Waals surface area contributed by atoms with Gasteiger partial charge >= 0.3 is 0 Å². The summed E-state index contributed by atoms with van der Waals surface area (Å²) in [6, 6.07) is 6.25. The summed E-state index contributed by atoms with van der Waals surface area (Å²) < 4.78 is 27.1. The second kappa shape index (κ2) is 3.83. The van der Waals surface area contributed by atoms with E-state index >= 15 is 0 Å². The van der Waals surface area contributed by atoms with Gasteiger partial charge in [0.25, 0.3) is 5.91 Å². The molecule has 0 aliphatic carbocycles. The summed E-state index contributed by atoms with van der Waals surface area (Å²) in [6.07, 6.45) is 1.42. The van der Waals surface area contributed by atoms with Gasteiger partial charge in [0.1, 0.15) is 5.82 Å². The Morgan fingerprint density at radius 1 is 1.16 bits per heavy atom. The first kappa shape index (κ1) is 11.7. The molecule has 0 saturated heterocycles. The van der Waals surface area contributed by atoms with Crippen LogP contribution in [-0.4, -0.2) is 16.0 Å². The highest BCUT2D eigenvalue weighted by Crippen LogP contribution is 2.40. The van der Waals surface area contributed by atoms with Gasteiger partial charge in [-0.15, -0.1) is 0 Å². The van der Waals surface area contributed by atoms with Crippen LogP contribution in [0.5, 0.6) is 0 Å². The molecule has 0 radical (unpaired) electrons. The molecule has 1 unspecified atom stereocenters. The fourth-order valence-corrected chi connectivity index (χ4v) is 2.17. The minimum atomic E-state index is -2.27. The average Bonchev–Trinajstić information content (AvgIpc) is 2.66. The van der Waals surface area contributed by atoms with Crippen LogP contribution in [0.2, 0.25) is 0 Å². The fraction of sp³-hybridized carbons (Fsp3) is 0.0769. The van der Waals surface area contributed by atoms with Crippen LogP contribution in [0.15, 0.2) is 36.5 Å². The summed E-state index contributed by atoms with van der Waals surface area (Å²) in [5.41, 5.74) is -2.60. The number of nitrogens with zero attached hydrogens (tertiary/aromatic N) is 1. The maximum Gasteiger partial charge on any atom is 0.267 e. The molecule has 3 rings (SSSR count). The molecule has 1 aromatic heterocycles. The zero-order chi connectivity index (χ0) is 13.6. The van der Waals surface area contributed by atoms with E-state index in [-0.39, 0.29) is 11.4 Å². The summed E-state index contributed by atoms with van der Waals surface area (Å²) in [5.74, 6) is -3.10. The van der Waals surface area contributed by atoms with Gasteiger partial charge in [-0.1, -0.05) is 12.1 Å². The largest absolute Gasteiger partial charge is 0.372 e. The summed E-state index contributed by atoms with van der Waals surface area (Å²) in [6.45, 7) is 0. The standard InChI is InChI=1S/C13H8F2N2O2/c14-9-5-1-3-7(10(9)15)13(19)8-4-2-6-16-11(8)17-12(13)18/h1-6,19H,(H,16,17,18). The van der Waals surface area contributed by atoms with Crippen LogP contribution in [0, 0.1) is 11.6 Å². The van der Waals surface area contributed by atoms with Gasteiger partial charge in [-0.25, -0.2) is 13.8 Å². The summed E-state index contributed by atoms with van der Waals surface area (Å²) >= 11 is 0. The SMILES string of the molecule is O=C1Nc2ncccc2C1(O)c1cccc(F)c1F. The molecule has 1 amide bonds. The number of hydrogen-bond donors (Lipinski definition) is 2. The Bertz CT molecular complexity index is 690. The van der Waals surface area contributed by atoms with Crippen molar-refractivity contribution in [3.8, 4) is 0 Å². The van der Waals surface area contributed by atoms with Crippen molar-refractivity contribution in [2.75, 3.05) is 5.32 Å². The third kappa shape index (κ3) is 1.47. The van der Waals surface area contributed by atoms with Crippen molar-refractivity contribution < 1.29 is 18.7 Å². The lowest BCUT2D eigenvalue weighted by molar-refractivity contribution is -0.129. The van der Waals surface area contributed by atoms with Crippen molar-refractivity contribution >= 4 is 11.7 Å². The van der Waals surface area contributed by atoms with Gasteiger partial charge < -0.3 is 10.4 Å². The summed E-state index contributed by atoms with van der Waals surface area (Å²) in [4.78, 5) is 15.8. The number of benzene rings is 1. The Labute approximate surface area is 106 Å². The minimum Gasteiger partial charge on any atom is -0.372 e. The molecule has 0 saturated carbocycles. The number of anilines is 1. The monoisotopic (exact) mass is 262 g/mol. The molecule has 1 aliphatic rings. The maximum absolute atomic E-state index is 13.8. The third-order valence-electron chi connectivity index (χ3n) is 3.10. The normalized spacial score (nSPS) is 21.1. The number of carbonyl (C=O) groups excluding carboxylic acids is 1. The molecule has 6 heteroatoms. The Kier molecular flexibility index (Phi) is 2.36. The molecule has 0 bridgehead atoms. The number of fused-ring (bicyclic) bond motifs is 1. The van der Waals surface area contributed by atoms with Gasteiger partial charge in [0.05, 0.1) is 0 Å². The van der Waals surface area contributed by atoms with Crippen LogP contribution in [-0.2, 0) is 10.4 Å². The molecular weight excluding hydrogens is 254 g/mol. The van der Waals surface area contributed by atoms with Crippen LogP contribution >= 0.6 is 0 Å². The second-order valence-electron chi connectivity index (χ2n) is 4.17. The van der Waals surface area contributed by atoms with Crippen LogP contribution in [0.3, 0.4) is 0 Å². The van der Waals surface area contributed by atoms with Crippen molar-refractivity contribution in [2.45, 2.75) is 5.60 Å². The van der Waals surface area contributed by atoms with Crippen LogP contribution < -0.4 is 5.32 Å². The molecule has 96 valence electrons. The molecule has 1 aromatic carbocycles. The lowest BCUT2D eigenvalue weighted by Gasteiger charge is -2.21. The molecule has 1 aliphatic heterocycles. The Morgan fingerprint density at radius 3 is 2.68 bits per heavy atom. The van der Waals surface area contributed by atoms with Crippen molar-refractivity contribution in [2.24, 2.45) is 0 Å². The molecule has 4 nitrogen and oxygen atoms in total. The first-order chi connectivity index (χ1) is 9.05. The van der Waals surface area contributed by atoms with E-state index in [2.05, 4.69) is 10.3 Å². The van der Waals surface area contributed by atoms with Gasteiger partial charge in [0.2, 0.25) is 5.60 Å². The minimum absolute atomic E-state index is 0.101. The van der Waals surface area contributed by atoms with Gasteiger partial charge in [-0.2, -0.15) is 0 Å². The van der Waals surface area contributed by atoms with Gasteiger partial charge in [-0.3, -0.25) is 4.79 Å². The predicted molar refractivity (Wildman–Crippen MR) is 62.2 cm³/mol. The summed E-state index contributed by atoms with van der Waals surface area (Å²) in [5, 5.41) is 12.9. The number of pyridine rings is 1. The van der Waals surface area contributed by atoms with Crippen LogP contribution in [0.4, 0.5) is 14.6 Å². The van der Waals surface area contributed by atoms with Crippen molar-refractivity contribution in [1.82, 2.24) is 4.98 Å². The van der Waals surface area contributed by atoms with Crippen molar-refractivity contribution in [3.05, 3.63) is 59.3 Å². The van der Waals surface area contributed by atoms with E-state index in [9.17, 15) is 18.7 Å². The van der Waals surface area contributed by atoms with E-state index in [0.29, 0.717) is 0 Å². The lowest BCUT2D eigenvalue weighted by Crippen LogP contribution is -2.36. The Morgan fingerprint density at radius 2 is 1.89 bits per heavy atom. The quantitative estimate of drug-likeness (QED) is 0.819.